The molecule has 1 saturated heterocycles. The maximum atomic E-state index is 11.0. The Balaban J connectivity index is 2.25. The standard InChI is InChI=1S/C7H12NO2/c1-2-8-7(9)6-3-4-10-5-6/h3,6H,2,4-5H2,1H3,(H,8,9). The van der Waals surface area contributed by atoms with Gasteiger partial charge in [0.15, 0.2) is 0 Å². The van der Waals surface area contributed by atoms with Gasteiger partial charge in [0.25, 0.3) is 0 Å². The Labute approximate surface area is 60.7 Å². The molecule has 1 radical (unpaired) electrons. The van der Waals surface area contributed by atoms with Crippen LogP contribution in [0.25, 0.3) is 0 Å². The first-order valence-corrected chi connectivity index (χ1v) is 3.53. The molecule has 0 bridgehead atoms. The van der Waals surface area contributed by atoms with Crippen molar-refractivity contribution in [2.45, 2.75) is 6.92 Å². The van der Waals surface area contributed by atoms with Gasteiger partial charge in [-0.1, -0.05) is 0 Å². The van der Waals surface area contributed by atoms with Crippen molar-refractivity contribution in [3.8, 4) is 0 Å². The minimum Gasteiger partial charge on any atom is -0.380 e. The van der Waals surface area contributed by atoms with E-state index in [2.05, 4.69) is 5.32 Å². The smallest absolute Gasteiger partial charge is 0.225 e. The second-order valence-corrected chi connectivity index (χ2v) is 2.27. The first-order valence-electron chi connectivity index (χ1n) is 3.53. The van der Waals surface area contributed by atoms with Crippen molar-refractivity contribution in [3.05, 3.63) is 6.42 Å². The van der Waals surface area contributed by atoms with Crippen LogP contribution in [0.2, 0.25) is 0 Å². The highest BCUT2D eigenvalue weighted by atomic mass is 16.5. The monoisotopic (exact) mass is 142 g/mol. The van der Waals surface area contributed by atoms with Crippen LogP contribution in [0.3, 0.4) is 0 Å². The van der Waals surface area contributed by atoms with E-state index in [0.29, 0.717) is 19.8 Å². The van der Waals surface area contributed by atoms with Crippen molar-refractivity contribution >= 4 is 5.91 Å². The predicted molar refractivity (Wildman–Crippen MR) is 37.3 cm³/mol. The summed E-state index contributed by atoms with van der Waals surface area (Å²) in [5.74, 6) is 0.0694. The van der Waals surface area contributed by atoms with Gasteiger partial charge in [0.05, 0.1) is 19.1 Å². The zero-order valence-corrected chi connectivity index (χ0v) is 6.09. The SMILES string of the molecule is CCNC(=O)C1[CH]COC1. The van der Waals surface area contributed by atoms with Gasteiger partial charge in [0, 0.05) is 13.0 Å². The summed E-state index contributed by atoms with van der Waals surface area (Å²) in [7, 11) is 0. The molecule has 1 N–H and O–H groups in total. The first-order chi connectivity index (χ1) is 4.84. The average Bonchev–Trinajstić information content (AvgIpc) is 2.38. The van der Waals surface area contributed by atoms with Gasteiger partial charge in [-0.3, -0.25) is 4.79 Å². The van der Waals surface area contributed by atoms with Gasteiger partial charge in [0.2, 0.25) is 5.91 Å². The summed E-state index contributed by atoms with van der Waals surface area (Å²) in [4.78, 5) is 11.0. The molecule has 3 nitrogen and oxygen atoms in total. The summed E-state index contributed by atoms with van der Waals surface area (Å²) in [6.07, 6.45) is 1.89. The lowest BCUT2D eigenvalue weighted by molar-refractivity contribution is -0.124. The largest absolute Gasteiger partial charge is 0.380 e. The molecule has 57 valence electrons. The Kier molecular flexibility index (Phi) is 2.68. The lowest BCUT2D eigenvalue weighted by atomic mass is 10.1. The van der Waals surface area contributed by atoms with Crippen LogP contribution in [0.1, 0.15) is 6.92 Å². The zero-order chi connectivity index (χ0) is 7.40. The highest BCUT2D eigenvalue weighted by molar-refractivity contribution is 5.80. The highest BCUT2D eigenvalue weighted by Gasteiger charge is 2.22. The molecule has 1 unspecified atom stereocenters. The summed E-state index contributed by atoms with van der Waals surface area (Å²) >= 11 is 0. The molecule has 1 rings (SSSR count). The molecule has 1 atom stereocenters. The molecular weight excluding hydrogens is 130 g/mol. The van der Waals surface area contributed by atoms with Crippen LogP contribution in [0.4, 0.5) is 0 Å². The maximum Gasteiger partial charge on any atom is 0.225 e. The summed E-state index contributed by atoms with van der Waals surface area (Å²) in [5.41, 5.74) is 0. The van der Waals surface area contributed by atoms with Gasteiger partial charge in [0.1, 0.15) is 0 Å². The van der Waals surface area contributed by atoms with Crippen LogP contribution < -0.4 is 5.32 Å². The van der Waals surface area contributed by atoms with E-state index in [1.54, 1.807) is 0 Å². The molecule has 0 spiro atoms. The number of hydrogen-bond acceptors (Lipinski definition) is 2. The Morgan fingerprint density at radius 2 is 2.70 bits per heavy atom. The molecule has 1 heterocycles. The second-order valence-electron chi connectivity index (χ2n) is 2.27. The molecule has 1 amide bonds. The van der Waals surface area contributed by atoms with Gasteiger partial charge in [-0.2, -0.15) is 0 Å². The number of ether oxygens (including phenoxy) is 1. The van der Waals surface area contributed by atoms with Crippen molar-refractivity contribution in [1.82, 2.24) is 5.32 Å². The summed E-state index contributed by atoms with van der Waals surface area (Å²) in [5, 5.41) is 2.74. The van der Waals surface area contributed by atoms with Crippen molar-refractivity contribution < 1.29 is 9.53 Å². The van der Waals surface area contributed by atoms with Crippen LogP contribution in [-0.4, -0.2) is 25.7 Å². The van der Waals surface area contributed by atoms with Gasteiger partial charge >= 0.3 is 0 Å². The van der Waals surface area contributed by atoms with E-state index >= 15 is 0 Å². The van der Waals surface area contributed by atoms with E-state index in [-0.39, 0.29) is 11.8 Å². The van der Waals surface area contributed by atoms with Crippen LogP contribution in [-0.2, 0) is 9.53 Å². The lowest BCUT2D eigenvalue weighted by Gasteiger charge is -2.05. The third kappa shape index (κ3) is 1.70. The number of hydrogen-bond donors (Lipinski definition) is 1. The average molecular weight is 142 g/mol. The first kappa shape index (κ1) is 7.54. The topological polar surface area (TPSA) is 38.3 Å². The maximum absolute atomic E-state index is 11.0. The van der Waals surface area contributed by atoms with E-state index in [4.69, 9.17) is 4.74 Å². The molecular formula is C7H12NO2. The molecule has 0 aliphatic carbocycles. The molecule has 3 heteroatoms. The fraction of sp³-hybridized carbons (Fsp3) is 0.714. The van der Waals surface area contributed by atoms with Crippen molar-refractivity contribution in [3.63, 3.8) is 0 Å². The third-order valence-corrected chi connectivity index (χ3v) is 1.48. The Bertz CT molecular complexity index is 119. The summed E-state index contributed by atoms with van der Waals surface area (Å²) in [6.45, 7) is 3.77. The zero-order valence-electron chi connectivity index (χ0n) is 6.09. The molecule has 1 aliphatic heterocycles. The van der Waals surface area contributed by atoms with Crippen molar-refractivity contribution in [2.24, 2.45) is 5.92 Å². The van der Waals surface area contributed by atoms with E-state index < -0.39 is 0 Å². The fourth-order valence-electron chi connectivity index (χ4n) is 0.935. The van der Waals surface area contributed by atoms with E-state index in [1.165, 1.54) is 0 Å². The molecule has 0 aromatic rings. The quantitative estimate of drug-likeness (QED) is 0.588. The number of carbonyl (C=O) groups is 1. The summed E-state index contributed by atoms with van der Waals surface area (Å²) in [6, 6.07) is 0. The van der Waals surface area contributed by atoms with Crippen LogP contribution in [0, 0.1) is 12.3 Å². The van der Waals surface area contributed by atoms with Gasteiger partial charge in [-0.15, -0.1) is 0 Å². The Hall–Kier alpha value is -0.570. The van der Waals surface area contributed by atoms with E-state index in [1.807, 2.05) is 13.3 Å². The molecule has 1 aliphatic rings. The van der Waals surface area contributed by atoms with E-state index in [0.717, 1.165) is 0 Å². The molecule has 0 aromatic carbocycles. The van der Waals surface area contributed by atoms with Crippen molar-refractivity contribution in [2.75, 3.05) is 19.8 Å². The predicted octanol–water partition coefficient (Wildman–Crippen LogP) is -0.0268. The number of amides is 1. The second kappa shape index (κ2) is 3.56. The molecule has 0 aromatic heterocycles. The van der Waals surface area contributed by atoms with Gasteiger partial charge < -0.3 is 10.1 Å². The highest BCUT2D eigenvalue weighted by Crippen LogP contribution is 2.10. The fourth-order valence-corrected chi connectivity index (χ4v) is 0.935. The normalized spacial score (nSPS) is 24.7. The third-order valence-electron chi connectivity index (χ3n) is 1.48. The number of nitrogens with one attached hydrogen (secondary N) is 1. The molecule has 10 heavy (non-hydrogen) atoms. The minimum atomic E-state index is -0.0139. The Morgan fingerprint density at radius 1 is 1.90 bits per heavy atom. The van der Waals surface area contributed by atoms with Gasteiger partial charge in [-0.25, -0.2) is 0 Å². The van der Waals surface area contributed by atoms with Crippen LogP contribution in [0.5, 0.6) is 0 Å². The Morgan fingerprint density at radius 3 is 3.20 bits per heavy atom. The number of rotatable bonds is 2. The molecule has 1 fully saturated rings. The van der Waals surface area contributed by atoms with E-state index in [9.17, 15) is 4.79 Å². The van der Waals surface area contributed by atoms with Crippen LogP contribution >= 0.6 is 0 Å². The lowest BCUT2D eigenvalue weighted by Crippen LogP contribution is -2.30. The minimum absolute atomic E-state index is 0.0139. The number of carbonyl (C=O) groups excluding carboxylic acids is 1. The summed E-state index contributed by atoms with van der Waals surface area (Å²) < 4.78 is 5.01. The molecule has 0 saturated carbocycles. The van der Waals surface area contributed by atoms with Crippen molar-refractivity contribution in [1.29, 1.82) is 0 Å². The van der Waals surface area contributed by atoms with Crippen LogP contribution in [0.15, 0.2) is 0 Å². The van der Waals surface area contributed by atoms with Gasteiger partial charge in [-0.05, 0) is 6.92 Å².